The van der Waals surface area contributed by atoms with E-state index in [-0.39, 0.29) is 0 Å². The highest BCUT2D eigenvalue weighted by Crippen LogP contribution is 2.38. The van der Waals surface area contributed by atoms with Gasteiger partial charge in [-0.05, 0) is 31.6 Å². The van der Waals surface area contributed by atoms with Gasteiger partial charge in [-0.1, -0.05) is 13.3 Å². The molecule has 1 aliphatic rings. The first-order valence-electron chi connectivity index (χ1n) is 7.16. The van der Waals surface area contributed by atoms with Gasteiger partial charge in [-0.25, -0.2) is 13.8 Å². The summed E-state index contributed by atoms with van der Waals surface area (Å²) in [7, 11) is 0. The number of nitrogens with one attached hydrogen (secondary N) is 1. The normalized spacial score (nSPS) is 27.1. The molecule has 108 valence electrons. The third-order valence-corrected chi connectivity index (χ3v) is 4.57. The third-order valence-electron chi connectivity index (χ3n) is 4.57. The van der Waals surface area contributed by atoms with Crippen LogP contribution in [0, 0.1) is 17.6 Å². The molecule has 0 bridgehead atoms. The van der Waals surface area contributed by atoms with Gasteiger partial charge in [0.25, 0.3) is 0 Å². The van der Waals surface area contributed by atoms with Crippen molar-refractivity contribution in [2.75, 3.05) is 0 Å². The van der Waals surface area contributed by atoms with E-state index in [1.165, 1.54) is 6.42 Å². The summed E-state index contributed by atoms with van der Waals surface area (Å²) in [5, 5.41) is 0. The van der Waals surface area contributed by atoms with Gasteiger partial charge < -0.3 is 10.7 Å². The van der Waals surface area contributed by atoms with Crippen LogP contribution in [0.1, 0.15) is 44.9 Å². The van der Waals surface area contributed by atoms with Crippen molar-refractivity contribution < 1.29 is 8.78 Å². The Kier molecular flexibility index (Phi) is 3.24. The zero-order chi connectivity index (χ0) is 14.3. The Balaban J connectivity index is 1.94. The van der Waals surface area contributed by atoms with E-state index in [4.69, 9.17) is 5.73 Å². The Morgan fingerprint density at radius 1 is 1.30 bits per heavy atom. The summed E-state index contributed by atoms with van der Waals surface area (Å²) in [6, 6.07) is 2.26. The first-order valence-corrected chi connectivity index (χ1v) is 7.16. The van der Waals surface area contributed by atoms with E-state index >= 15 is 0 Å². The van der Waals surface area contributed by atoms with Crippen molar-refractivity contribution in [3.63, 3.8) is 0 Å². The topological polar surface area (TPSA) is 54.7 Å². The minimum atomic E-state index is -0.878. The fourth-order valence-corrected chi connectivity index (χ4v) is 3.08. The van der Waals surface area contributed by atoms with Crippen molar-refractivity contribution >= 4 is 11.0 Å². The summed E-state index contributed by atoms with van der Waals surface area (Å²) >= 11 is 0. The SMILES string of the molecule is CCC1CCC(N)(c2nc3cc(F)c(F)cc3[nH]2)CC1. The summed E-state index contributed by atoms with van der Waals surface area (Å²) in [6.07, 6.45) is 5.04. The van der Waals surface area contributed by atoms with E-state index in [0.29, 0.717) is 16.9 Å². The van der Waals surface area contributed by atoms with E-state index in [1.807, 2.05) is 0 Å². The number of benzene rings is 1. The molecule has 1 aromatic heterocycles. The highest BCUT2D eigenvalue weighted by Gasteiger charge is 2.35. The molecular formula is C15H19F2N3. The number of H-pyrrole nitrogens is 1. The van der Waals surface area contributed by atoms with Gasteiger partial charge in [0.1, 0.15) is 5.82 Å². The quantitative estimate of drug-likeness (QED) is 0.882. The Labute approximate surface area is 116 Å². The number of fused-ring (bicyclic) bond motifs is 1. The molecular weight excluding hydrogens is 260 g/mol. The maximum Gasteiger partial charge on any atom is 0.161 e. The highest BCUT2D eigenvalue weighted by molar-refractivity contribution is 5.75. The van der Waals surface area contributed by atoms with Crippen molar-refractivity contribution in [3.8, 4) is 0 Å². The molecule has 0 unspecified atom stereocenters. The van der Waals surface area contributed by atoms with E-state index in [0.717, 1.165) is 43.7 Å². The largest absolute Gasteiger partial charge is 0.340 e. The lowest BCUT2D eigenvalue weighted by Crippen LogP contribution is -2.41. The predicted octanol–water partition coefficient (Wildman–Crippen LogP) is 3.60. The van der Waals surface area contributed by atoms with Crippen LogP contribution in [0.4, 0.5) is 8.78 Å². The van der Waals surface area contributed by atoms with E-state index in [2.05, 4.69) is 16.9 Å². The second kappa shape index (κ2) is 4.81. The zero-order valence-corrected chi connectivity index (χ0v) is 11.5. The monoisotopic (exact) mass is 279 g/mol. The van der Waals surface area contributed by atoms with Gasteiger partial charge in [0.05, 0.1) is 16.6 Å². The summed E-state index contributed by atoms with van der Waals surface area (Å²) in [6.45, 7) is 2.20. The molecule has 3 N–H and O–H groups in total. The molecule has 3 rings (SSSR count). The Bertz CT molecular complexity index is 588. The van der Waals surface area contributed by atoms with Crippen molar-refractivity contribution in [1.82, 2.24) is 9.97 Å². The summed E-state index contributed by atoms with van der Waals surface area (Å²) < 4.78 is 26.5. The van der Waals surface area contributed by atoms with E-state index in [9.17, 15) is 8.78 Å². The van der Waals surface area contributed by atoms with Crippen LogP contribution < -0.4 is 5.73 Å². The number of nitrogens with zero attached hydrogens (tertiary/aromatic N) is 1. The molecule has 3 nitrogen and oxygen atoms in total. The molecule has 1 aliphatic carbocycles. The Hall–Kier alpha value is -1.49. The number of imidazole rings is 1. The van der Waals surface area contributed by atoms with Crippen LogP contribution in [-0.2, 0) is 5.54 Å². The molecule has 0 spiro atoms. The molecule has 1 fully saturated rings. The van der Waals surface area contributed by atoms with Gasteiger partial charge in [-0.2, -0.15) is 0 Å². The summed E-state index contributed by atoms with van der Waals surface area (Å²) in [4.78, 5) is 7.44. The van der Waals surface area contributed by atoms with Crippen LogP contribution in [-0.4, -0.2) is 9.97 Å². The van der Waals surface area contributed by atoms with Crippen LogP contribution >= 0.6 is 0 Å². The second-order valence-corrected chi connectivity index (χ2v) is 5.88. The van der Waals surface area contributed by atoms with Crippen molar-refractivity contribution in [3.05, 3.63) is 29.6 Å². The van der Waals surface area contributed by atoms with Crippen molar-refractivity contribution in [2.24, 2.45) is 11.7 Å². The smallest absolute Gasteiger partial charge is 0.161 e. The maximum absolute atomic E-state index is 13.2. The van der Waals surface area contributed by atoms with Crippen LogP contribution in [0.25, 0.3) is 11.0 Å². The molecule has 0 saturated heterocycles. The third kappa shape index (κ3) is 2.20. The Morgan fingerprint density at radius 3 is 2.60 bits per heavy atom. The molecule has 20 heavy (non-hydrogen) atoms. The second-order valence-electron chi connectivity index (χ2n) is 5.88. The average Bonchev–Trinajstić information content (AvgIpc) is 2.84. The average molecular weight is 279 g/mol. The van der Waals surface area contributed by atoms with Crippen LogP contribution in [0.3, 0.4) is 0 Å². The summed E-state index contributed by atoms with van der Waals surface area (Å²) in [5.74, 6) is -0.372. The number of nitrogens with two attached hydrogens (primary N) is 1. The van der Waals surface area contributed by atoms with Crippen molar-refractivity contribution in [1.29, 1.82) is 0 Å². The summed E-state index contributed by atoms with van der Waals surface area (Å²) in [5.41, 5.74) is 6.89. The van der Waals surface area contributed by atoms with E-state index < -0.39 is 17.2 Å². The number of aromatic amines is 1. The fraction of sp³-hybridized carbons (Fsp3) is 0.533. The molecule has 0 aliphatic heterocycles. The van der Waals surface area contributed by atoms with E-state index in [1.54, 1.807) is 0 Å². The lowest BCUT2D eigenvalue weighted by Gasteiger charge is -2.35. The lowest BCUT2D eigenvalue weighted by molar-refractivity contribution is 0.223. The first kappa shape index (κ1) is 13.5. The van der Waals surface area contributed by atoms with Gasteiger partial charge >= 0.3 is 0 Å². The predicted molar refractivity (Wildman–Crippen MR) is 74.1 cm³/mol. The highest BCUT2D eigenvalue weighted by atomic mass is 19.2. The first-order chi connectivity index (χ1) is 9.51. The maximum atomic E-state index is 13.2. The number of rotatable bonds is 2. The number of halogens is 2. The molecule has 0 radical (unpaired) electrons. The van der Waals surface area contributed by atoms with Gasteiger partial charge in [0, 0.05) is 12.1 Å². The molecule has 0 atom stereocenters. The van der Waals surface area contributed by atoms with Crippen LogP contribution in [0.5, 0.6) is 0 Å². The van der Waals surface area contributed by atoms with Crippen LogP contribution in [0.15, 0.2) is 12.1 Å². The molecule has 0 amide bonds. The number of hydrogen-bond acceptors (Lipinski definition) is 2. The molecule has 2 aromatic rings. The standard InChI is InChI=1S/C15H19F2N3/c1-2-9-3-5-15(18,6-4-9)14-19-12-7-10(16)11(17)8-13(12)20-14/h7-9H,2-6,18H2,1H3,(H,19,20). The number of aromatic nitrogens is 2. The number of hydrogen-bond donors (Lipinski definition) is 2. The lowest BCUT2D eigenvalue weighted by atomic mass is 9.76. The fourth-order valence-electron chi connectivity index (χ4n) is 3.08. The Morgan fingerprint density at radius 2 is 1.95 bits per heavy atom. The molecule has 1 heterocycles. The van der Waals surface area contributed by atoms with Gasteiger partial charge in [0.15, 0.2) is 11.6 Å². The zero-order valence-electron chi connectivity index (χ0n) is 11.5. The van der Waals surface area contributed by atoms with Gasteiger partial charge in [-0.3, -0.25) is 0 Å². The minimum absolute atomic E-state index is 0.432. The van der Waals surface area contributed by atoms with Gasteiger partial charge in [-0.15, -0.1) is 0 Å². The minimum Gasteiger partial charge on any atom is -0.340 e. The molecule has 5 heteroatoms. The molecule has 1 saturated carbocycles. The van der Waals surface area contributed by atoms with Crippen molar-refractivity contribution in [2.45, 2.75) is 44.6 Å². The van der Waals surface area contributed by atoms with Crippen LogP contribution in [0.2, 0.25) is 0 Å². The van der Waals surface area contributed by atoms with Gasteiger partial charge in [0.2, 0.25) is 0 Å². The molecule has 1 aromatic carbocycles.